The summed E-state index contributed by atoms with van der Waals surface area (Å²) in [6.45, 7) is 2.70. The number of anilines is 1. The Kier molecular flexibility index (Phi) is 6.02. The van der Waals surface area contributed by atoms with Gasteiger partial charge in [0, 0.05) is 42.8 Å². The number of nitrogens with one attached hydrogen (secondary N) is 1. The van der Waals surface area contributed by atoms with Gasteiger partial charge in [-0.05, 0) is 48.2 Å². The molecule has 2 heterocycles. The van der Waals surface area contributed by atoms with Crippen LogP contribution in [0.3, 0.4) is 0 Å². The molecule has 1 aliphatic heterocycles. The quantitative estimate of drug-likeness (QED) is 0.516. The van der Waals surface area contributed by atoms with Gasteiger partial charge in [0.1, 0.15) is 0 Å². The summed E-state index contributed by atoms with van der Waals surface area (Å²) in [6.07, 6.45) is 4.13. The Bertz CT molecular complexity index is 1190. The molecule has 3 aromatic rings. The Balaban J connectivity index is 1.74. The number of carbonyl (C=O) groups is 1. The first kappa shape index (κ1) is 21.3. The van der Waals surface area contributed by atoms with Gasteiger partial charge in [-0.3, -0.25) is 9.79 Å². The molecule has 0 bridgehead atoms. The molecule has 1 atom stereocenters. The minimum Gasteiger partial charge on any atom is -0.481 e. The molecule has 0 spiro atoms. The van der Waals surface area contributed by atoms with Crippen LogP contribution in [-0.2, 0) is 17.8 Å². The molecule has 4 rings (SSSR count). The van der Waals surface area contributed by atoms with E-state index >= 15 is 0 Å². The van der Waals surface area contributed by atoms with E-state index in [9.17, 15) is 4.79 Å². The van der Waals surface area contributed by atoms with Crippen LogP contribution in [0.15, 0.2) is 53.7 Å². The standard InChI is InChI=1S/C24H26N6O2/c1-15-24-20-8-5-17(18(13-25)14-26-2)12-21(20)22(9-10-30(24)29-28-15)27-19-6-3-16(4-7-19)11-23(31)32/h3-8,12-14,22,27H,9-11,25H2,1-2H3,(H,31,32). The van der Waals surface area contributed by atoms with Crippen molar-refractivity contribution in [1.29, 1.82) is 0 Å². The lowest BCUT2D eigenvalue weighted by molar-refractivity contribution is -0.136. The predicted molar refractivity (Wildman–Crippen MR) is 126 cm³/mol. The van der Waals surface area contributed by atoms with Gasteiger partial charge in [-0.15, -0.1) is 5.10 Å². The van der Waals surface area contributed by atoms with Crippen LogP contribution in [0.4, 0.5) is 5.69 Å². The summed E-state index contributed by atoms with van der Waals surface area (Å²) in [5, 5.41) is 21.2. The van der Waals surface area contributed by atoms with E-state index in [2.05, 4.69) is 32.8 Å². The molecule has 0 fully saturated rings. The molecule has 8 nitrogen and oxygen atoms in total. The number of aliphatic imine (C=N–C) groups is 1. The van der Waals surface area contributed by atoms with Gasteiger partial charge < -0.3 is 16.2 Å². The van der Waals surface area contributed by atoms with Crippen LogP contribution in [0.2, 0.25) is 0 Å². The molecule has 4 N–H and O–H groups in total. The highest BCUT2D eigenvalue weighted by Gasteiger charge is 2.25. The number of aryl methyl sites for hydroxylation is 2. The van der Waals surface area contributed by atoms with Crippen molar-refractivity contribution in [2.24, 2.45) is 10.7 Å². The summed E-state index contributed by atoms with van der Waals surface area (Å²) < 4.78 is 1.96. The third kappa shape index (κ3) is 4.25. The number of rotatable bonds is 6. The lowest BCUT2D eigenvalue weighted by Gasteiger charge is -2.21. The number of benzene rings is 2. The SMILES string of the molecule is CN=CC(=CN)c1ccc2c(c1)C(Nc1ccc(CC(=O)O)cc1)CCn1nnc(C)c1-2. The molecule has 0 amide bonds. The molecule has 1 aliphatic rings. The van der Waals surface area contributed by atoms with Crippen LogP contribution in [0.1, 0.15) is 34.8 Å². The minimum atomic E-state index is -0.839. The van der Waals surface area contributed by atoms with Crippen molar-refractivity contribution in [2.75, 3.05) is 12.4 Å². The van der Waals surface area contributed by atoms with Gasteiger partial charge in [0.15, 0.2) is 0 Å². The fraction of sp³-hybridized carbons (Fsp3) is 0.250. The molecule has 0 aliphatic carbocycles. The number of allylic oxidation sites excluding steroid dienone is 1. The van der Waals surface area contributed by atoms with Crippen LogP contribution in [0, 0.1) is 6.92 Å². The third-order valence-corrected chi connectivity index (χ3v) is 5.65. The fourth-order valence-corrected chi connectivity index (χ4v) is 4.14. The van der Waals surface area contributed by atoms with E-state index in [1.165, 1.54) is 0 Å². The Morgan fingerprint density at radius 2 is 2.09 bits per heavy atom. The molecule has 164 valence electrons. The first-order valence-electron chi connectivity index (χ1n) is 10.5. The molecule has 0 radical (unpaired) electrons. The van der Waals surface area contributed by atoms with Crippen LogP contribution in [0.25, 0.3) is 16.8 Å². The first-order chi connectivity index (χ1) is 15.5. The lowest BCUT2D eigenvalue weighted by atomic mass is 9.92. The van der Waals surface area contributed by atoms with E-state index in [1.807, 2.05) is 41.9 Å². The normalized spacial score (nSPS) is 15.8. The molecular weight excluding hydrogens is 404 g/mol. The second-order valence-corrected chi connectivity index (χ2v) is 7.81. The molecule has 32 heavy (non-hydrogen) atoms. The number of nitrogens with zero attached hydrogens (tertiary/aromatic N) is 4. The Labute approximate surface area is 186 Å². The number of hydrogen-bond donors (Lipinski definition) is 3. The highest BCUT2D eigenvalue weighted by atomic mass is 16.4. The molecule has 8 heteroatoms. The molecule has 2 aromatic carbocycles. The average Bonchev–Trinajstić information content (AvgIpc) is 3.07. The van der Waals surface area contributed by atoms with Crippen molar-refractivity contribution >= 4 is 23.4 Å². The zero-order valence-corrected chi connectivity index (χ0v) is 18.1. The maximum Gasteiger partial charge on any atom is 0.307 e. The van der Waals surface area contributed by atoms with Gasteiger partial charge in [-0.2, -0.15) is 0 Å². The van der Waals surface area contributed by atoms with Gasteiger partial charge in [0.05, 0.1) is 23.9 Å². The predicted octanol–water partition coefficient (Wildman–Crippen LogP) is 3.44. The number of aliphatic carboxylic acids is 1. The molecule has 0 saturated carbocycles. The van der Waals surface area contributed by atoms with Crippen molar-refractivity contribution in [3.8, 4) is 11.3 Å². The summed E-state index contributed by atoms with van der Waals surface area (Å²) in [5.41, 5.74) is 13.5. The van der Waals surface area contributed by atoms with Gasteiger partial charge >= 0.3 is 5.97 Å². The molecule has 1 aromatic heterocycles. The van der Waals surface area contributed by atoms with Crippen molar-refractivity contribution < 1.29 is 9.90 Å². The summed E-state index contributed by atoms with van der Waals surface area (Å²) in [7, 11) is 1.72. The van der Waals surface area contributed by atoms with Gasteiger partial charge in [-0.1, -0.05) is 29.5 Å². The molecular formula is C24H26N6O2. The number of hydrogen-bond acceptors (Lipinski definition) is 6. The van der Waals surface area contributed by atoms with E-state index in [0.717, 1.165) is 57.9 Å². The van der Waals surface area contributed by atoms with Crippen molar-refractivity contribution in [3.63, 3.8) is 0 Å². The monoisotopic (exact) mass is 430 g/mol. The number of fused-ring (bicyclic) bond motifs is 3. The molecule has 1 unspecified atom stereocenters. The van der Waals surface area contributed by atoms with Crippen molar-refractivity contribution in [2.45, 2.75) is 32.4 Å². The van der Waals surface area contributed by atoms with E-state index in [4.69, 9.17) is 10.8 Å². The summed E-state index contributed by atoms with van der Waals surface area (Å²) in [4.78, 5) is 15.1. The largest absolute Gasteiger partial charge is 0.481 e. The number of aromatic nitrogens is 3. The summed E-state index contributed by atoms with van der Waals surface area (Å²) in [6, 6.07) is 13.8. The highest BCUT2D eigenvalue weighted by Crippen LogP contribution is 2.38. The Morgan fingerprint density at radius 3 is 2.78 bits per heavy atom. The zero-order valence-electron chi connectivity index (χ0n) is 18.1. The lowest BCUT2D eigenvalue weighted by Crippen LogP contribution is -2.13. The smallest absolute Gasteiger partial charge is 0.307 e. The highest BCUT2D eigenvalue weighted by molar-refractivity contribution is 6.09. The molecule has 0 saturated heterocycles. The maximum absolute atomic E-state index is 11.0. The van der Waals surface area contributed by atoms with E-state index < -0.39 is 5.97 Å². The van der Waals surface area contributed by atoms with Crippen LogP contribution in [-0.4, -0.2) is 39.3 Å². The van der Waals surface area contributed by atoms with E-state index in [1.54, 1.807) is 19.5 Å². The van der Waals surface area contributed by atoms with Crippen molar-refractivity contribution in [3.05, 3.63) is 71.0 Å². The van der Waals surface area contributed by atoms with E-state index in [0.29, 0.717) is 0 Å². The number of carboxylic acid groups (broad SMARTS) is 1. The zero-order chi connectivity index (χ0) is 22.7. The van der Waals surface area contributed by atoms with Gasteiger partial charge in [-0.25, -0.2) is 4.68 Å². The van der Waals surface area contributed by atoms with Crippen LogP contribution in [0.5, 0.6) is 0 Å². The summed E-state index contributed by atoms with van der Waals surface area (Å²) >= 11 is 0. The Hall–Kier alpha value is -3.94. The minimum absolute atomic E-state index is 0.0104. The second kappa shape index (κ2) is 9.05. The Morgan fingerprint density at radius 1 is 1.31 bits per heavy atom. The average molecular weight is 431 g/mol. The van der Waals surface area contributed by atoms with Crippen molar-refractivity contribution in [1.82, 2.24) is 15.0 Å². The fourth-order valence-electron chi connectivity index (χ4n) is 4.14. The second-order valence-electron chi connectivity index (χ2n) is 7.81. The van der Waals surface area contributed by atoms with Crippen LogP contribution >= 0.6 is 0 Å². The number of nitrogens with two attached hydrogens (primary N) is 1. The van der Waals surface area contributed by atoms with E-state index in [-0.39, 0.29) is 12.5 Å². The van der Waals surface area contributed by atoms with Gasteiger partial charge in [0.25, 0.3) is 0 Å². The maximum atomic E-state index is 11.0. The topological polar surface area (TPSA) is 118 Å². The van der Waals surface area contributed by atoms with Gasteiger partial charge in [0.2, 0.25) is 0 Å². The van der Waals surface area contributed by atoms with Crippen LogP contribution < -0.4 is 11.1 Å². The first-order valence-corrected chi connectivity index (χ1v) is 10.5. The third-order valence-electron chi connectivity index (χ3n) is 5.65. The summed E-state index contributed by atoms with van der Waals surface area (Å²) in [5.74, 6) is -0.839. The number of carboxylic acids is 1.